The zero-order chi connectivity index (χ0) is 9.97. The van der Waals surface area contributed by atoms with Crippen molar-refractivity contribution in [1.82, 2.24) is 9.55 Å². The molecule has 2 aromatic rings. The van der Waals surface area contributed by atoms with Gasteiger partial charge in [0.05, 0.1) is 4.88 Å². The van der Waals surface area contributed by atoms with Crippen LogP contribution in [-0.4, -0.2) is 20.6 Å². The molecule has 0 saturated heterocycles. The molecule has 0 spiro atoms. The molecule has 0 saturated carbocycles. The Labute approximate surface area is 84.5 Å². The fraction of sp³-hybridized carbons (Fsp3) is 0.111. The smallest absolute Gasteiger partial charge is 0.323 e. The Balaban J connectivity index is 2.35. The third-order valence-corrected chi connectivity index (χ3v) is 2.63. The first-order valence-corrected chi connectivity index (χ1v) is 4.92. The quantitative estimate of drug-likeness (QED) is 0.835. The van der Waals surface area contributed by atoms with Gasteiger partial charge in [0, 0.05) is 12.4 Å². The van der Waals surface area contributed by atoms with Crippen LogP contribution >= 0.6 is 11.3 Å². The first kappa shape index (κ1) is 8.96. The zero-order valence-corrected chi connectivity index (χ0v) is 8.07. The van der Waals surface area contributed by atoms with Crippen LogP contribution in [-0.2, 0) is 11.3 Å². The summed E-state index contributed by atoms with van der Waals surface area (Å²) in [6.07, 6.45) is 3.28. The van der Waals surface area contributed by atoms with E-state index in [2.05, 4.69) is 4.98 Å². The molecule has 0 aliphatic heterocycles. The molecule has 0 atom stereocenters. The van der Waals surface area contributed by atoms with E-state index in [0.717, 1.165) is 4.88 Å². The first-order valence-electron chi connectivity index (χ1n) is 4.04. The van der Waals surface area contributed by atoms with E-state index in [4.69, 9.17) is 5.11 Å². The fourth-order valence-corrected chi connectivity index (χ4v) is 1.95. The van der Waals surface area contributed by atoms with Crippen molar-refractivity contribution in [2.24, 2.45) is 0 Å². The minimum Gasteiger partial charge on any atom is -0.480 e. The Morgan fingerprint density at radius 2 is 2.50 bits per heavy atom. The minimum absolute atomic E-state index is 0.0484. The zero-order valence-electron chi connectivity index (χ0n) is 7.25. The van der Waals surface area contributed by atoms with Gasteiger partial charge < -0.3 is 9.67 Å². The molecule has 0 bridgehead atoms. The largest absolute Gasteiger partial charge is 0.480 e. The normalized spacial score (nSPS) is 10.3. The molecule has 0 radical (unpaired) electrons. The molecule has 2 heterocycles. The fourth-order valence-electron chi connectivity index (χ4n) is 1.21. The third-order valence-electron chi connectivity index (χ3n) is 1.76. The number of aromatic nitrogens is 2. The highest BCUT2D eigenvalue weighted by atomic mass is 32.1. The van der Waals surface area contributed by atoms with Gasteiger partial charge in [0.1, 0.15) is 6.54 Å². The number of aliphatic carboxylic acids is 1. The summed E-state index contributed by atoms with van der Waals surface area (Å²) in [5.74, 6) is -0.150. The molecule has 0 amide bonds. The van der Waals surface area contributed by atoms with Crippen LogP contribution in [0.5, 0.6) is 0 Å². The van der Waals surface area contributed by atoms with Crippen LogP contribution in [0.4, 0.5) is 0 Å². The number of carbonyl (C=O) groups is 1. The summed E-state index contributed by atoms with van der Waals surface area (Å²) >= 11 is 1.55. The Hall–Kier alpha value is -1.62. The van der Waals surface area contributed by atoms with E-state index < -0.39 is 5.97 Å². The van der Waals surface area contributed by atoms with E-state index in [1.54, 1.807) is 28.3 Å². The maximum atomic E-state index is 10.5. The van der Waals surface area contributed by atoms with Crippen LogP contribution < -0.4 is 0 Å². The topological polar surface area (TPSA) is 55.1 Å². The number of carboxylic acid groups (broad SMARTS) is 1. The van der Waals surface area contributed by atoms with Gasteiger partial charge in [0.25, 0.3) is 0 Å². The van der Waals surface area contributed by atoms with Gasteiger partial charge in [-0.15, -0.1) is 11.3 Å². The number of nitrogens with zero attached hydrogens (tertiary/aromatic N) is 2. The predicted molar refractivity (Wildman–Crippen MR) is 53.2 cm³/mol. The SMILES string of the molecule is O=C(O)Cn1ccnc1-c1cccs1. The number of rotatable bonds is 3. The second-order valence-electron chi connectivity index (χ2n) is 2.75. The van der Waals surface area contributed by atoms with Gasteiger partial charge >= 0.3 is 5.97 Å². The molecule has 0 aliphatic carbocycles. The monoisotopic (exact) mass is 208 g/mol. The molecule has 1 N–H and O–H groups in total. The van der Waals surface area contributed by atoms with Crippen LogP contribution in [0.3, 0.4) is 0 Å². The van der Waals surface area contributed by atoms with Gasteiger partial charge in [-0.3, -0.25) is 4.79 Å². The lowest BCUT2D eigenvalue weighted by atomic mass is 10.4. The van der Waals surface area contributed by atoms with E-state index in [-0.39, 0.29) is 6.54 Å². The first-order chi connectivity index (χ1) is 6.77. The standard InChI is InChI=1S/C9H8N2O2S/c12-8(13)6-11-4-3-10-9(11)7-2-1-5-14-7/h1-5H,6H2,(H,12,13). The van der Waals surface area contributed by atoms with Crippen LogP contribution in [0.25, 0.3) is 10.7 Å². The number of imidazole rings is 1. The highest BCUT2D eigenvalue weighted by Gasteiger charge is 2.08. The van der Waals surface area contributed by atoms with Crippen LogP contribution in [0, 0.1) is 0 Å². The average molecular weight is 208 g/mol. The van der Waals surface area contributed by atoms with Gasteiger partial charge in [-0.25, -0.2) is 4.98 Å². The summed E-state index contributed by atoms with van der Waals surface area (Å²) in [6.45, 7) is -0.0484. The molecule has 2 rings (SSSR count). The Morgan fingerprint density at radius 1 is 1.64 bits per heavy atom. The molecule has 0 unspecified atom stereocenters. The van der Waals surface area contributed by atoms with E-state index >= 15 is 0 Å². The van der Waals surface area contributed by atoms with Gasteiger partial charge in [0.15, 0.2) is 5.82 Å². The van der Waals surface area contributed by atoms with Crippen LogP contribution in [0.15, 0.2) is 29.9 Å². The summed E-state index contributed by atoms with van der Waals surface area (Å²) in [7, 11) is 0. The summed E-state index contributed by atoms with van der Waals surface area (Å²) in [5.41, 5.74) is 0. The molecule has 0 fully saturated rings. The van der Waals surface area contributed by atoms with Gasteiger partial charge in [-0.1, -0.05) is 6.07 Å². The molecule has 5 heteroatoms. The van der Waals surface area contributed by atoms with Gasteiger partial charge in [-0.05, 0) is 11.4 Å². The lowest BCUT2D eigenvalue weighted by Gasteiger charge is -2.01. The summed E-state index contributed by atoms with van der Waals surface area (Å²) < 4.78 is 1.62. The number of thiophene rings is 1. The lowest BCUT2D eigenvalue weighted by molar-refractivity contribution is -0.137. The lowest BCUT2D eigenvalue weighted by Crippen LogP contribution is -2.08. The van der Waals surface area contributed by atoms with Gasteiger partial charge in [-0.2, -0.15) is 0 Å². The summed E-state index contributed by atoms with van der Waals surface area (Å²) in [5, 5.41) is 10.6. The van der Waals surface area contributed by atoms with Crippen molar-refractivity contribution in [3.63, 3.8) is 0 Å². The van der Waals surface area contributed by atoms with Crippen molar-refractivity contribution in [2.45, 2.75) is 6.54 Å². The number of carboxylic acids is 1. The predicted octanol–water partition coefficient (Wildman–Crippen LogP) is 1.70. The molecule has 0 aromatic carbocycles. The summed E-state index contributed by atoms with van der Waals surface area (Å²) in [4.78, 5) is 15.6. The van der Waals surface area contributed by atoms with Crippen LogP contribution in [0.2, 0.25) is 0 Å². The van der Waals surface area contributed by atoms with E-state index in [9.17, 15) is 4.79 Å². The van der Waals surface area contributed by atoms with Gasteiger partial charge in [0.2, 0.25) is 0 Å². The molecule has 14 heavy (non-hydrogen) atoms. The van der Waals surface area contributed by atoms with Crippen molar-refractivity contribution in [3.8, 4) is 10.7 Å². The second kappa shape index (κ2) is 3.63. The second-order valence-corrected chi connectivity index (χ2v) is 3.70. The molecule has 4 nitrogen and oxygen atoms in total. The highest BCUT2D eigenvalue weighted by molar-refractivity contribution is 7.13. The number of hydrogen-bond acceptors (Lipinski definition) is 3. The molecule has 2 aromatic heterocycles. The van der Waals surface area contributed by atoms with E-state index in [1.165, 1.54) is 0 Å². The highest BCUT2D eigenvalue weighted by Crippen LogP contribution is 2.22. The Kier molecular flexibility index (Phi) is 2.32. The van der Waals surface area contributed by atoms with Crippen molar-refractivity contribution < 1.29 is 9.90 Å². The van der Waals surface area contributed by atoms with Crippen LogP contribution in [0.1, 0.15) is 0 Å². The Morgan fingerprint density at radius 3 is 3.14 bits per heavy atom. The molecule has 72 valence electrons. The maximum Gasteiger partial charge on any atom is 0.323 e. The van der Waals surface area contributed by atoms with E-state index in [0.29, 0.717) is 5.82 Å². The van der Waals surface area contributed by atoms with Crippen molar-refractivity contribution in [2.75, 3.05) is 0 Å². The van der Waals surface area contributed by atoms with E-state index in [1.807, 2.05) is 17.5 Å². The molecular weight excluding hydrogens is 200 g/mol. The number of hydrogen-bond donors (Lipinski definition) is 1. The van der Waals surface area contributed by atoms with Crippen molar-refractivity contribution >= 4 is 17.3 Å². The summed E-state index contributed by atoms with van der Waals surface area (Å²) in [6, 6.07) is 3.84. The van der Waals surface area contributed by atoms with Crippen molar-refractivity contribution in [3.05, 3.63) is 29.9 Å². The van der Waals surface area contributed by atoms with Crippen molar-refractivity contribution in [1.29, 1.82) is 0 Å². The minimum atomic E-state index is -0.860. The molecule has 0 aliphatic rings. The third kappa shape index (κ3) is 1.67. The average Bonchev–Trinajstić information content (AvgIpc) is 2.70. The molecular formula is C9H8N2O2S. The Bertz CT molecular complexity index is 433. The maximum absolute atomic E-state index is 10.5.